The van der Waals surface area contributed by atoms with Crippen LogP contribution < -0.4 is 5.32 Å². The van der Waals surface area contributed by atoms with Crippen LogP contribution in [0.1, 0.15) is 58.3 Å². The quantitative estimate of drug-likeness (QED) is 0.860. The highest BCUT2D eigenvalue weighted by atomic mass is 16.2. The molecule has 0 aromatic rings. The molecule has 4 rings (SSSR count). The van der Waals surface area contributed by atoms with Crippen LogP contribution in [0.3, 0.4) is 0 Å². The molecule has 1 N–H and O–H groups in total. The van der Waals surface area contributed by atoms with E-state index in [1.54, 1.807) is 0 Å². The Morgan fingerprint density at radius 1 is 1.19 bits per heavy atom. The highest BCUT2D eigenvalue weighted by molar-refractivity contribution is 5.91. The lowest BCUT2D eigenvalue weighted by Crippen LogP contribution is -2.48. The number of carbonyl (C=O) groups excluding carboxylic acids is 1. The molecule has 4 heteroatoms. The summed E-state index contributed by atoms with van der Waals surface area (Å²) in [5, 5.41) is 3.74. The maximum Gasteiger partial charge on any atom is 0.244 e. The molecule has 2 aliphatic heterocycles. The van der Waals surface area contributed by atoms with E-state index in [9.17, 15) is 4.79 Å². The van der Waals surface area contributed by atoms with Gasteiger partial charge in [0.15, 0.2) is 0 Å². The van der Waals surface area contributed by atoms with Crippen LogP contribution in [0, 0.1) is 5.92 Å². The summed E-state index contributed by atoms with van der Waals surface area (Å²) in [7, 11) is 0. The Morgan fingerprint density at radius 2 is 1.86 bits per heavy atom. The first kappa shape index (κ1) is 14.0. The molecule has 0 aromatic carbocycles. The molecule has 118 valence electrons. The Labute approximate surface area is 128 Å². The second-order valence-electron chi connectivity index (χ2n) is 7.77. The molecule has 1 spiro atoms. The molecule has 1 amide bonds. The van der Waals surface area contributed by atoms with Gasteiger partial charge in [0.2, 0.25) is 5.91 Å². The molecule has 2 atom stereocenters. The minimum atomic E-state index is -0.141. The number of nitrogens with zero attached hydrogens (tertiary/aromatic N) is 2. The molecule has 2 aliphatic carbocycles. The van der Waals surface area contributed by atoms with Crippen LogP contribution >= 0.6 is 0 Å². The first-order valence-electron chi connectivity index (χ1n) is 9.02. The largest absolute Gasteiger partial charge is 0.324 e. The smallest absolute Gasteiger partial charge is 0.244 e. The van der Waals surface area contributed by atoms with E-state index in [0.29, 0.717) is 24.0 Å². The molecule has 2 saturated heterocycles. The number of likely N-dealkylation sites (tertiary alicyclic amines) is 1. The highest BCUT2D eigenvalue weighted by Gasteiger charge is 2.60. The van der Waals surface area contributed by atoms with Crippen molar-refractivity contribution >= 4 is 5.91 Å². The molecule has 2 saturated carbocycles. The van der Waals surface area contributed by atoms with Crippen LogP contribution in [0.5, 0.6) is 0 Å². The zero-order valence-corrected chi connectivity index (χ0v) is 13.3. The fourth-order valence-corrected chi connectivity index (χ4v) is 4.73. The lowest BCUT2D eigenvalue weighted by atomic mass is 10.0. The van der Waals surface area contributed by atoms with Gasteiger partial charge in [0.1, 0.15) is 0 Å². The predicted octanol–water partition coefficient (Wildman–Crippen LogP) is 1.95. The van der Waals surface area contributed by atoms with Crippen LogP contribution in [0.25, 0.3) is 0 Å². The van der Waals surface area contributed by atoms with Gasteiger partial charge in [0.25, 0.3) is 0 Å². The van der Waals surface area contributed by atoms with Crippen LogP contribution in [0.4, 0.5) is 0 Å². The van der Waals surface area contributed by atoms with Crippen molar-refractivity contribution in [2.24, 2.45) is 5.92 Å². The zero-order valence-electron chi connectivity index (χ0n) is 13.3. The fourth-order valence-electron chi connectivity index (χ4n) is 4.73. The van der Waals surface area contributed by atoms with Gasteiger partial charge in [0.05, 0.1) is 11.7 Å². The summed E-state index contributed by atoms with van der Waals surface area (Å²) in [6.07, 6.45) is 10.4. The predicted molar refractivity (Wildman–Crippen MR) is 82.8 cm³/mol. The summed E-state index contributed by atoms with van der Waals surface area (Å²) in [5.74, 6) is 1.10. The lowest BCUT2D eigenvalue weighted by molar-refractivity contribution is -0.132. The molecule has 4 fully saturated rings. The summed E-state index contributed by atoms with van der Waals surface area (Å²) in [4.78, 5) is 17.6. The first-order valence-corrected chi connectivity index (χ1v) is 9.02. The SMILES string of the molecule is CC(CN1C(=O)C2(CC2)NC1C1CCCC1)N1CCCC1. The average molecular weight is 291 g/mol. The van der Waals surface area contributed by atoms with Gasteiger partial charge in [-0.25, -0.2) is 0 Å². The van der Waals surface area contributed by atoms with Gasteiger partial charge in [-0.3, -0.25) is 15.0 Å². The van der Waals surface area contributed by atoms with Crippen molar-refractivity contribution in [3.8, 4) is 0 Å². The Bertz CT molecular complexity index is 408. The van der Waals surface area contributed by atoms with Gasteiger partial charge in [-0.1, -0.05) is 12.8 Å². The Balaban J connectivity index is 1.48. The van der Waals surface area contributed by atoms with E-state index in [0.717, 1.165) is 19.4 Å². The molecule has 0 bridgehead atoms. The maximum atomic E-state index is 12.9. The number of hydrogen-bond donors (Lipinski definition) is 1. The second kappa shape index (κ2) is 5.24. The van der Waals surface area contributed by atoms with Crippen molar-refractivity contribution in [1.82, 2.24) is 15.1 Å². The zero-order chi connectivity index (χ0) is 14.4. The fraction of sp³-hybridized carbons (Fsp3) is 0.941. The maximum absolute atomic E-state index is 12.9. The van der Waals surface area contributed by atoms with E-state index in [1.807, 2.05) is 0 Å². The van der Waals surface area contributed by atoms with Crippen LogP contribution in [0.15, 0.2) is 0 Å². The Morgan fingerprint density at radius 3 is 2.48 bits per heavy atom. The van der Waals surface area contributed by atoms with Crippen molar-refractivity contribution in [2.75, 3.05) is 19.6 Å². The van der Waals surface area contributed by atoms with E-state index in [2.05, 4.69) is 22.0 Å². The van der Waals surface area contributed by atoms with Crippen LogP contribution in [0.2, 0.25) is 0 Å². The van der Waals surface area contributed by atoms with Gasteiger partial charge >= 0.3 is 0 Å². The molecular formula is C17H29N3O. The first-order chi connectivity index (χ1) is 10.2. The summed E-state index contributed by atoms with van der Waals surface area (Å²) in [6, 6.07) is 0.510. The molecule has 4 nitrogen and oxygen atoms in total. The van der Waals surface area contributed by atoms with Gasteiger partial charge in [-0.05, 0) is 64.5 Å². The Kier molecular flexibility index (Phi) is 3.49. The van der Waals surface area contributed by atoms with E-state index in [1.165, 1.54) is 51.6 Å². The highest BCUT2D eigenvalue weighted by Crippen LogP contribution is 2.45. The number of amides is 1. The van der Waals surface area contributed by atoms with E-state index in [-0.39, 0.29) is 5.54 Å². The monoisotopic (exact) mass is 291 g/mol. The van der Waals surface area contributed by atoms with Crippen molar-refractivity contribution in [2.45, 2.75) is 76.0 Å². The van der Waals surface area contributed by atoms with Gasteiger partial charge in [0, 0.05) is 12.6 Å². The second-order valence-corrected chi connectivity index (χ2v) is 7.77. The average Bonchev–Trinajstić information content (AvgIpc) is 2.94. The van der Waals surface area contributed by atoms with E-state index >= 15 is 0 Å². The normalized spacial score (nSPS) is 34.2. The number of nitrogens with one attached hydrogen (secondary N) is 1. The van der Waals surface area contributed by atoms with Crippen LogP contribution in [-0.4, -0.2) is 53.1 Å². The third kappa shape index (κ3) is 2.40. The number of rotatable bonds is 4. The minimum Gasteiger partial charge on any atom is -0.324 e. The molecule has 2 unspecified atom stereocenters. The van der Waals surface area contributed by atoms with Gasteiger partial charge < -0.3 is 4.90 Å². The van der Waals surface area contributed by atoms with Crippen molar-refractivity contribution < 1.29 is 4.79 Å². The molecule has 2 heterocycles. The van der Waals surface area contributed by atoms with Crippen LogP contribution in [-0.2, 0) is 4.79 Å². The summed E-state index contributed by atoms with van der Waals surface area (Å²) in [6.45, 7) is 5.67. The van der Waals surface area contributed by atoms with Gasteiger partial charge in [-0.2, -0.15) is 0 Å². The number of hydrogen-bond acceptors (Lipinski definition) is 3. The molecule has 0 radical (unpaired) electrons. The lowest BCUT2D eigenvalue weighted by Gasteiger charge is -2.34. The third-order valence-electron chi connectivity index (χ3n) is 6.25. The van der Waals surface area contributed by atoms with Crippen molar-refractivity contribution in [3.63, 3.8) is 0 Å². The third-order valence-corrected chi connectivity index (χ3v) is 6.25. The van der Waals surface area contributed by atoms with Crippen molar-refractivity contribution in [1.29, 1.82) is 0 Å². The van der Waals surface area contributed by atoms with E-state index < -0.39 is 0 Å². The van der Waals surface area contributed by atoms with Gasteiger partial charge in [-0.15, -0.1) is 0 Å². The topological polar surface area (TPSA) is 35.6 Å². The summed E-state index contributed by atoms with van der Waals surface area (Å²) in [5.41, 5.74) is -0.141. The van der Waals surface area contributed by atoms with E-state index in [4.69, 9.17) is 0 Å². The Hall–Kier alpha value is -0.610. The molecule has 4 aliphatic rings. The number of carbonyl (C=O) groups is 1. The molecule has 21 heavy (non-hydrogen) atoms. The molecule has 0 aromatic heterocycles. The molecular weight excluding hydrogens is 262 g/mol. The minimum absolute atomic E-state index is 0.141. The standard InChI is InChI=1S/C17H29N3O/c1-13(19-10-4-5-11-19)12-20-15(14-6-2-3-7-14)18-17(8-9-17)16(20)21/h13-15,18H,2-12H2,1H3. The summed E-state index contributed by atoms with van der Waals surface area (Å²) < 4.78 is 0. The van der Waals surface area contributed by atoms with Crippen molar-refractivity contribution in [3.05, 3.63) is 0 Å². The summed E-state index contributed by atoms with van der Waals surface area (Å²) >= 11 is 0.